The first-order valence-electron chi connectivity index (χ1n) is 1.32. The zero-order valence-electron chi connectivity index (χ0n) is 3.43. The van der Waals surface area contributed by atoms with Gasteiger partial charge in [0.05, 0.1) is 0 Å². The molecule has 0 fully saturated rings. The van der Waals surface area contributed by atoms with Crippen molar-refractivity contribution in [1.29, 1.82) is 0 Å². The van der Waals surface area contributed by atoms with Crippen molar-refractivity contribution in [3.63, 3.8) is 0 Å². The van der Waals surface area contributed by atoms with Crippen molar-refractivity contribution in [2.24, 2.45) is 0 Å². The average molecular weight is 238 g/mol. The number of hydrogen-bond acceptors (Lipinski definition) is 3. The van der Waals surface area contributed by atoms with Crippen LogP contribution < -0.4 is 10.2 Å². The minimum atomic E-state index is -2.33. The van der Waals surface area contributed by atoms with E-state index < -0.39 is 6.16 Å². The molecule has 0 aliphatic heterocycles. The zero-order valence-corrected chi connectivity index (χ0v) is 11.9. The van der Waals surface area contributed by atoms with E-state index in [1.165, 1.54) is 0 Å². The molecule has 0 aliphatic rings. The van der Waals surface area contributed by atoms with Crippen molar-refractivity contribution in [3.8, 4) is 0 Å². The van der Waals surface area contributed by atoms with Gasteiger partial charge in [-0.15, -0.1) is 0 Å². The van der Waals surface area contributed by atoms with E-state index in [2.05, 4.69) is 0 Å². The number of rotatable bonds is 0. The normalized spacial score (nSPS) is 4.67. The third-order valence-corrected chi connectivity index (χ3v) is 0. The van der Waals surface area contributed by atoms with Gasteiger partial charge < -0.3 is 15.0 Å². The van der Waals surface area contributed by atoms with Crippen molar-refractivity contribution in [1.82, 2.24) is 0 Å². The Morgan fingerprint density at radius 3 is 1.50 bits per heavy atom. The first-order chi connectivity index (χ1) is 2.73. The maximum atomic E-state index is 8.33. The van der Waals surface area contributed by atoms with Crippen molar-refractivity contribution < 1.29 is 15.0 Å². The Hall–Kier alpha value is 2.10. The second-order valence-electron chi connectivity index (χ2n) is 0.250. The standard InChI is InChI=1S/CH2O3.Ba.Ca.H/c2-1(3)4;;;/h(H2,2,3,4);;;/q;;+2;/p-2. The Labute approximate surface area is 75.7 Å². The molecule has 0 aromatic carbocycles. The van der Waals surface area contributed by atoms with Crippen LogP contribution in [0.3, 0.4) is 0 Å². The van der Waals surface area contributed by atoms with Crippen LogP contribution in [0.15, 0.2) is 0 Å². The van der Waals surface area contributed by atoms with Crippen LogP contribution in [-0.4, -0.2) is 63.3 Å². The van der Waals surface area contributed by atoms with Gasteiger partial charge in [0.1, 0.15) is 0 Å². The molecular weight excluding hydrogens is 237 g/mol. The topological polar surface area (TPSA) is 63.2 Å². The van der Waals surface area contributed by atoms with E-state index in [-0.39, 0.29) is 0 Å². The van der Waals surface area contributed by atoms with Crippen LogP contribution in [0.4, 0.5) is 4.79 Å². The van der Waals surface area contributed by atoms with Gasteiger partial charge in [-0.25, -0.2) is 0 Å². The first-order valence-corrected chi connectivity index (χ1v) is 21.8. The summed E-state index contributed by atoms with van der Waals surface area (Å²) in [5.41, 5.74) is 0. The summed E-state index contributed by atoms with van der Waals surface area (Å²) in [5, 5.41) is 16.7. The van der Waals surface area contributed by atoms with Gasteiger partial charge in [0, 0.05) is 0 Å². The predicted molar refractivity (Wildman–Crippen MR) is 18.3 cm³/mol. The van der Waals surface area contributed by atoms with Gasteiger partial charge in [-0.2, -0.15) is 0 Å². The molecule has 0 atom stereocenters. The van der Waals surface area contributed by atoms with E-state index in [1.807, 2.05) is 0 Å². The Kier molecular flexibility index (Phi) is 18.6. The Morgan fingerprint density at radius 2 is 1.50 bits per heavy atom. The van der Waals surface area contributed by atoms with Gasteiger partial charge in [0.15, 0.2) is 0 Å². The quantitative estimate of drug-likeness (QED) is 0.412. The van der Waals surface area contributed by atoms with E-state index in [9.17, 15) is 0 Å². The van der Waals surface area contributed by atoms with E-state index in [4.69, 9.17) is 15.0 Å². The van der Waals surface area contributed by atoms with Crippen molar-refractivity contribution in [2.75, 3.05) is 0 Å². The maximum absolute atomic E-state index is 8.33. The fourth-order valence-electron chi connectivity index (χ4n) is 0. The van der Waals surface area contributed by atoms with Crippen LogP contribution in [0, 0.1) is 0 Å². The van der Waals surface area contributed by atoms with Gasteiger partial charge in [-0.05, 0) is 6.16 Å². The summed E-state index contributed by atoms with van der Waals surface area (Å²) < 4.78 is 0. The molecular formula is CHBaCaO3. The third-order valence-electron chi connectivity index (χ3n) is 0. The molecule has 27 valence electrons. The molecule has 0 N–H and O–H groups in total. The SMILES string of the molecule is O=C([O-])[O-].[Ca+2][BaH]. The summed E-state index contributed by atoms with van der Waals surface area (Å²) in [7, 11) is 0. The summed E-state index contributed by atoms with van der Waals surface area (Å²) in [5.74, 6) is 0. The van der Waals surface area contributed by atoms with E-state index >= 15 is 0 Å². The molecule has 0 rings (SSSR count). The molecule has 0 aromatic heterocycles. The molecule has 0 amide bonds. The summed E-state index contributed by atoms with van der Waals surface area (Å²) in [4.78, 5) is 8.33. The molecule has 0 unspecified atom stereocenters. The van der Waals surface area contributed by atoms with Gasteiger partial charge in [-0.3, -0.25) is 0 Å². The average Bonchev–Trinajstić information content (AvgIpc) is 1.41. The van der Waals surface area contributed by atoms with Gasteiger partial charge in [-0.1, -0.05) is 0 Å². The van der Waals surface area contributed by atoms with Crippen LogP contribution in [0.1, 0.15) is 0 Å². The summed E-state index contributed by atoms with van der Waals surface area (Å²) in [6.45, 7) is 0. The second kappa shape index (κ2) is 10.2. The monoisotopic (exact) mass is 239 g/mol. The predicted octanol–water partition coefficient (Wildman–Crippen LogP) is -3.48. The van der Waals surface area contributed by atoms with Crippen molar-refractivity contribution in [3.05, 3.63) is 0 Å². The molecule has 0 spiro atoms. The van der Waals surface area contributed by atoms with E-state index in [0.717, 1.165) is 35.1 Å². The number of hydrogen-bond donors (Lipinski definition) is 0. The summed E-state index contributed by atoms with van der Waals surface area (Å²) >= 11 is 2.61. The molecule has 3 nitrogen and oxygen atoms in total. The Balaban J connectivity index is 0. The first kappa shape index (κ1) is 11.0. The summed E-state index contributed by atoms with van der Waals surface area (Å²) in [6, 6.07) is 0. The van der Waals surface area contributed by atoms with Crippen LogP contribution in [0.2, 0.25) is 0 Å². The second-order valence-corrected chi connectivity index (χ2v) is 0.250. The van der Waals surface area contributed by atoms with Crippen molar-refractivity contribution >= 4 is 63.3 Å². The van der Waals surface area contributed by atoms with Crippen molar-refractivity contribution in [2.45, 2.75) is 0 Å². The molecule has 5 heteroatoms. The Bertz CT molecular complexity index is 33.8. The van der Waals surface area contributed by atoms with Crippen LogP contribution in [0.5, 0.6) is 0 Å². The Morgan fingerprint density at radius 1 is 1.50 bits per heavy atom. The van der Waals surface area contributed by atoms with E-state index in [0.29, 0.717) is 0 Å². The molecule has 6 heavy (non-hydrogen) atoms. The van der Waals surface area contributed by atoms with Crippen LogP contribution in [-0.2, 0) is 0 Å². The summed E-state index contributed by atoms with van der Waals surface area (Å²) in [6.07, 6.45) is -2.33. The molecule has 0 bridgehead atoms. The third kappa shape index (κ3) is 36.0. The number of carbonyl (C=O) groups excluding carboxylic acids is 1. The van der Waals surface area contributed by atoms with Crippen LogP contribution >= 0.6 is 0 Å². The minimum absolute atomic E-state index is 1.01. The molecule has 0 aromatic rings. The van der Waals surface area contributed by atoms with Crippen LogP contribution in [0.25, 0.3) is 0 Å². The van der Waals surface area contributed by atoms with Gasteiger partial charge in [0.25, 0.3) is 0 Å². The number of carbonyl (C=O) groups is 1. The molecule has 0 heterocycles. The zero-order chi connectivity index (χ0) is 5.58. The number of carboxylic acid groups (broad SMARTS) is 2. The van der Waals surface area contributed by atoms with E-state index in [1.54, 1.807) is 22.1 Å². The molecule has 0 saturated heterocycles. The van der Waals surface area contributed by atoms with Gasteiger partial charge in [0.2, 0.25) is 0 Å². The van der Waals surface area contributed by atoms with Gasteiger partial charge >= 0.3 is 57.2 Å². The molecule has 7 radical (unpaired) electrons. The fourth-order valence-corrected chi connectivity index (χ4v) is 0. The molecule has 0 aliphatic carbocycles. The molecule has 0 saturated carbocycles. The fraction of sp³-hybridized carbons (Fsp3) is 0.